The summed E-state index contributed by atoms with van der Waals surface area (Å²) in [7, 11) is 0. The number of aromatic nitrogens is 1. The minimum absolute atomic E-state index is 0.0452. The van der Waals surface area contributed by atoms with Gasteiger partial charge in [0.05, 0.1) is 5.92 Å². The number of nitrogens with zero attached hydrogens (tertiary/aromatic N) is 2. The molecule has 0 radical (unpaired) electrons. The predicted molar refractivity (Wildman–Crippen MR) is 83.4 cm³/mol. The Kier molecular flexibility index (Phi) is 3.18. The molecule has 2 atom stereocenters. The minimum Gasteiger partial charge on any atom is -0.355 e. The van der Waals surface area contributed by atoms with E-state index in [4.69, 9.17) is 0 Å². The van der Waals surface area contributed by atoms with Gasteiger partial charge in [-0.3, -0.25) is 9.59 Å². The van der Waals surface area contributed by atoms with Crippen LogP contribution in [0.2, 0.25) is 0 Å². The molecule has 1 N–H and O–H groups in total. The molecule has 1 aromatic carbocycles. The summed E-state index contributed by atoms with van der Waals surface area (Å²) in [6.07, 6.45) is 0. The largest absolute Gasteiger partial charge is 0.355 e. The molecule has 2 amide bonds. The zero-order chi connectivity index (χ0) is 15.1. The zero-order valence-electron chi connectivity index (χ0n) is 11.9. The normalized spacial score (nSPS) is 23.5. The second kappa shape index (κ2) is 5.21. The molecule has 22 heavy (non-hydrogen) atoms. The van der Waals surface area contributed by atoms with Crippen molar-refractivity contribution in [1.29, 1.82) is 0 Å². The number of thiazole rings is 1. The quantitative estimate of drug-likeness (QED) is 0.916. The van der Waals surface area contributed by atoms with Gasteiger partial charge in [-0.15, -0.1) is 11.3 Å². The summed E-state index contributed by atoms with van der Waals surface area (Å²) in [5, 5.41) is 5.51. The Bertz CT molecular complexity index is 728. The molecule has 0 unspecified atom stereocenters. The van der Waals surface area contributed by atoms with Gasteiger partial charge >= 0.3 is 0 Å². The lowest BCUT2D eigenvalue weighted by atomic mass is 10.0. The average Bonchev–Trinajstić information content (AvgIpc) is 3.25. The first-order valence-electron chi connectivity index (χ1n) is 7.30. The molecule has 0 spiro atoms. The first-order chi connectivity index (χ1) is 10.7. The lowest BCUT2D eigenvalue weighted by Gasteiger charge is -2.15. The molecule has 0 aliphatic carbocycles. The molecule has 1 aromatic heterocycles. The SMILES string of the molecule is O=C1NC[C@H]2CN(C(=O)c3csc(-c4ccccc4)n3)C[C@@H]12. The molecule has 2 aromatic rings. The molecule has 4 rings (SSSR count). The van der Waals surface area contributed by atoms with Crippen molar-refractivity contribution < 1.29 is 9.59 Å². The standard InChI is InChI=1S/C16H15N3O2S/c20-14-12-8-19(7-11(12)6-17-14)16(21)13-9-22-15(18-13)10-4-2-1-3-5-10/h1-5,9,11-12H,6-8H2,(H,17,20)/t11-,12+/m0/s1. The third kappa shape index (κ3) is 2.20. The molecule has 2 saturated heterocycles. The van der Waals surface area contributed by atoms with Gasteiger partial charge in [0.2, 0.25) is 5.91 Å². The Morgan fingerprint density at radius 1 is 1.27 bits per heavy atom. The Hall–Kier alpha value is -2.21. The maximum absolute atomic E-state index is 12.6. The maximum atomic E-state index is 12.6. The zero-order valence-corrected chi connectivity index (χ0v) is 12.7. The molecule has 5 nitrogen and oxygen atoms in total. The molecular weight excluding hydrogens is 298 g/mol. The van der Waals surface area contributed by atoms with E-state index >= 15 is 0 Å². The van der Waals surface area contributed by atoms with E-state index in [2.05, 4.69) is 10.3 Å². The van der Waals surface area contributed by atoms with Crippen molar-refractivity contribution in [3.8, 4) is 10.6 Å². The highest BCUT2D eigenvalue weighted by molar-refractivity contribution is 7.13. The van der Waals surface area contributed by atoms with Crippen molar-refractivity contribution >= 4 is 23.2 Å². The van der Waals surface area contributed by atoms with E-state index < -0.39 is 0 Å². The van der Waals surface area contributed by atoms with Crippen LogP contribution in [0.25, 0.3) is 10.6 Å². The van der Waals surface area contributed by atoms with Crippen LogP contribution < -0.4 is 5.32 Å². The van der Waals surface area contributed by atoms with Gasteiger partial charge in [-0.1, -0.05) is 30.3 Å². The third-order valence-corrected chi connectivity index (χ3v) is 5.24. The highest BCUT2D eigenvalue weighted by Crippen LogP contribution is 2.29. The van der Waals surface area contributed by atoms with E-state index in [1.165, 1.54) is 11.3 Å². The molecular formula is C16H15N3O2S. The lowest BCUT2D eigenvalue weighted by molar-refractivity contribution is -0.122. The first-order valence-corrected chi connectivity index (χ1v) is 8.18. The van der Waals surface area contributed by atoms with Crippen LogP contribution in [0.4, 0.5) is 0 Å². The van der Waals surface area contributed by atoms with Gasteiger partial charge in [-0.05, 0) is 0 Å². The van der Waals surface area contributed by atoms with Gasteiger partial charge in [0.1, 0.15) is 10.7 Å². The number of hydrogen-bond donors (Lipinski definition) is 1. The topological polar surface area (TPSA) is 62.3 Å². The molecule has 6 heteroatoms. The van der Waals surface area contributed by atoms with E-state index in [-0.39, 0.29) is 23.7 Å². The van der Waals surface area contributed by atoms with E-state index in [0.29, 0.717) is 25.3 Å². The molecule has 2 aliphatic rings. The molecule has 3 heterocycles. The van der Waals surface area contributed by atoms with Crippen LogP contribution >= 0.6 is 11.3 Å². The number of amides is 2. The highest BCUT2D eigenvalue weighted by atomic mass is 32.1. The van der Waals surface area contributed by atoms with Gasteiger partial charge in [0.25, 0.3) is 5.91 Å². The van der Waals surface area contributed by atoms with Crippen molar-refractivity contribution in [3.05, 3.63) is 41.4 Å². The van der Waals surface area contributed by atoms with Crippen LogP contribution in [0.5, 0.6) is 0 Å². The van der Waals surface area contributed by atoms with Crippen LogP contribution in [-0.4, -0.2) is 41.3 Å². The smallest absolute Gasteiger partial charge is 0.273 e. The summed E-state index contributed by atoms with van der Waals surface area (Å²) in [4.78, 5) is 30.5. The number of carbonyl (C=O) groups is 2. The third-order valence-electron chi connectivity index (χ3n) is 4.35. The van der Waals surface area contributed by atoms with Gasteiger partial charge in [0.15, 0.2) is 0 Å². The Morgan fingerprint density at radius 3 is 2.86 bits per heavy atom. The van der Waals surface area contributed by atoms with Crippen molar-refractivity contribution in [2.45, 2.75) is 0 Å². The molecule has 112 valence electrons. The van der Waals surface area contributed by atoms with Crippen LogP contribution in [0, 0.1) is 11.8 Å². The number of fused-ring (bicyclic) bond motifs is 1. The highest BCUT2D eigenvalue weighted by Gasteiger charge is 2.43. The fourth-order valence-corrected chi connectivity index (χ4v) is 3.95. The second-order valence-electron chi connectivity index (χ2n) is 5.73. The predicted octanol–water partition coefficient (Wildman–Crippen LogP) is 1.63. The summed E-state index contributed by atoms with van der Waals surface area (Å²) in [5.74, 6) is 0.212. The maximum Gasteiger partial charge on any atom is 0.273 e. The van der Waals surface area contributed by atoms with Crippen LogP contribution in [0.15, 0.2) is 35.7 Å². The van der Waals surface area contributed by atoms with Gasteiger partial charge in [-0.25, -0.2) is 4.98 Å². The van der Waals surface area contributed by atoms with Gasteiger partial charge in [-0.2, -0.15) is 0 Å². The minimum atomic E-state index is -0.0689. The number of carbonyl (C=O) groups excluding carboxylic acids is 2. The van der Waals surface area contributed by atoms with E-state index in [1.807, 2.05) is 30.3 Å². The Labute approximate surface area is 132 Å². The number of rotatable bonds is 2. The van der Waals surface area contributed by atoms with Crippen molar-refractivity contribution in [1.82, 2.24) is 15.2 Å². The molecule has 0 bridgehead atoms. The number of nitrogens with one attached hydrogen (secondary N) is 1. The number of benzene rings is 1. The van der Waals surface area contributed by atoms with E-state index in [1.54, 1.807) is 10.3 Å². The van der Waals surface area contributed by atoms with Gasteiger partial charge in [0, 0.05) is 36.5 Å². The Balaban J connectivity index is 1.52. The Morgan fingerprint density at radius 2 is 2.09 bits per heavy atom. The second-order valence-corrected chi connectivity index (χ2v) is 6.58. The lowest BCUT2D eigenvalue weighted by Crippen LogP contribution is -2.33. The summed E-state index contributed by atoms with van der Waals surface area (Å²) in [6, 6.07) is 9.84. The fraction of sp³-hybridized carbons (Fsp3) is 0.312. The van der Waals surface area contributed by atoms with E-state index in [9.17, 15) is 9.59 Å². The van der Waals surface area contributed by atoms with Crippen molar-refractivity contribution in [3.63, 3.8) is 0 Å². The summed E-state index contributed by atoms with van der Waals surface area (Å²) in [5.41, 5.74) is 1.49. The van der Waals surface area contributed by atoms with Gasteiger partial charge < -0.3 is 10.2 Å². The summed E-state index contributed by atoms with van der Waals surface area (Å²) >= 11 is 1.47. The fourth-order valence-electron chi connectivity index (χ4n) is 3.15. The van der Waals surface area contributed by atoms with E-state index in [0.717, 1.165) is 10.6 Å². The number of likely N-dealkylation sites (tertiary alicyclic amines) is 1. The van der Waals surface area contributed by atoms with Crippen molar-refractivity contribution in [2.24, 2.45) is 11.8 Å². The monoisotopic (exact) mass is 313 g/mol. The van der Waals surface area contributed by atoms with Crippen LogP contribution in [0.1, 0.15) is 10.5 Å². The molecule has 2 aliphatic heterocycles. The average molecular weight is 313 g/mol. The summed E-state index contributed by atoms with van der Waals surface area (Å²) in [6.45, 7) is 1.83. The van der Waals surface area contributed by atoms with Crippen LogP contribution in [0.3, 0.4) is 0 Å². The first kappa shape index (κ1) is 13.5. The van der Waals surface area contributed by atoms with Crippen molar-refractivity contribution in [2.75, 3.05) is 19.6 Å². The molecule has 2 fully saturated rings. The molecule has 0 saturated carbocycles. The summed E-state index contributed by atoms with van der Waals surface area (Å²) < 4.78 is 0. The number of hydrogen-bond acceptors (Lipinski definition) is 4. The van der Waals surface area contributed by atoms with Crippen LogP contribution in [-0.2, 0) is 4.79 Å².